The first kappa shape index (κ1) is 15.3. The number of rotatable bonds is 6. The molecule has 5 nitrogen and oxygen atoms in total. The maximum absolute atomic E-state index is 11.9. The van der Waals surface area contributed by atoms with Crippen molar-refractivity contribution in [2.24, 2.45) is 0 Å². The molecule has 0 saturated heterocycles. The summed E-state index contributed by atoms with van der Waals surface area (Å²) < 4.78 is 5.29. The fourth-order valence-corrected chi connectivity index (χ4v) is 1.80. The molecule has 0 atom stereocenters. The van der Waals surface area contributed by atoms with Crippen molar-refractivity contribution in [2.45, 2.75) is 20.4 Å². The number of ether oxygens (including phenoxy) is 1. The molecule has 0 unspecified atom stereocenters. The second-order valence-corrected chi connectivity index (χ2v) is 4.28. The predicted octanol–water partition coefficient (Wildman–Crippen LogP) is 1.53. The van der Waals surface area contributed by atoms with E-state index >= 15 is 0 Å². The Kier molecular flexibility index (Phi) is 6.15. The number of aliphatic hydroxyl groups is 1. The fraction of sp³-hybridized carbons (Fsp3) is 0.500. The molecule has 0 aromatic heterocycles. The summed E-state index contributed by atoms with van der Waals surface area (Å²) in [6, 6.07) is 5.68. The highest BCUT2D eigenvalue weighted by atomic mass is 16.5. The van der Waals surface area contributed by atoms with Gasteiger partial charge < -0.3 is 20.1 Å². The van der Waals surface area contributed by atoms with Crippen molar-refractivity contribution >= 4 is 6.03 Å². The molecule has 2 N–H and O–H groups in total. The Morgan fingerprint density at radius 1 is 1.47 bits per heavy atom. The summed E-state index contributed by atoms with van der Waals surface area (Å²) in [7, 11) is 1.62. The van der Waals surface area contributed by atoms with Crippen molar-refractivity contribution in [1.29, 1.82) is 0 Å². The topological polar surface area (TPSA) is 61.8 Å². The minimum absolute atomic E-state index is 0.0326. The third kappa shape index (κ3) is 4.44. The van der Waals surface area contributed by atoms with Crippen LogP contribution >= 0.6 is 0 Å². The van der Waals surface area contributed by atoms with E-state index in [-0.39, 0.29) is 12.6 Å². The number of aryl methyl sites for hydroxylation is 1. The molecule has 0 aliphatic rings. The normalized spacial score (nSPS) is 10.1. The van der Waals surface area contributed by atoms with E-state index in [0.29, 0.717) is 19.6 Å². The highest BCUT2D eigenvalue weighted by molar-refractivity contribution is 5.74. The molecule has 0 saturated carbocycles. The first-order valence-corrected chi connectivity index (χ1v) is 6.39. The predicted molar refractivity (Wildman–Crippen MR) is 74.3 cm³/mol. The molecule has 0 spiro atoms. The summed E-state index contributed by atoms with van der Waals surface area (Å²) in [5, 5.41) is 11.7. The molecule has 5 heteroatoms. The Balaban J connectivity index is 2.63. The number of benzene rings is 1. The summed E-state index contributed by atoms with van der Waals surface area (Å²) >= 11 is 0. The van der Waals surface area contributed by atoms with E-state index in [1.165, 1.54) is 0 Å². The maximum Gasteiger partial charge on any atom is 0.317 e. The lowest BCUT2D eigenvalue weighted by Gasteiger charge is -2.20. The number of hydrogen-bond donors (Lipinski definition) is 2. The molecule has 1 rings (SSSR count). The van der Waals surface area contributed by atoms with Crippen LogP contribution in [-0.2, 0) is 6.54 Å². The molecule has 1 aromatic carbocycles. The van der Waals surface area contributed by atoms with Crippen molar-refractivity contribution in [1.82, 2.24) is 10.2 Å². The van der Waals surface area contributed by atoms with Gasteiger partial charge in [0, 0.05) is 25.2 Å². The average Bonchev–Trinajstić information content (AvgIpc) is 2.42. The summed E-state index contributed by atoms with van der Waals surface area (Å²) in [5.41, 5.74) is 2.05. The minimum atomic E-state index is -0.181. The van der Waals surface area contributed by atoms with E-state index in [2.05, 4.69) is 5.32 Å². The van der Waals surface area contributed by atoms with Gasteiger partial charge in [-0.2, -0.15) is 0 Å². The van der Waals surface area contributed by atoms with Crippen molar-refractivity contribution in [3.63, 3.8) is 0 Å². The zero-order valence-electron chi connectivity index (χ0n) is 11.8. The Morgan fingerprint density at radius 3 is 2.79 bits per heavy atom. The quantitative estimate of drug-likeness (QED) is 0.820. The van der Waals surface area contributed by atoms with Crippen LogP contribution in [0.2, 0.25) is 0 Å². The Hall–Kier alpha value is -1.75. The third-order valence-electron chi connectivity index (χ3n) is 2.91. The van der Waals surface area contributed by atoms with Gasteiger partial charge in [-0.05, 0) is 25.5 Å². The van der Waals surface area contributed by atoms with Gasteiger partial charge in [-0.1, -0.05) is 12.1 Å². The van der Waals surface area contributed by atoms with Crippen molar-refractivity contribution in [3.8, 4) is 5.75 Å². The van der Waals surface area contributed by atoms with Gasteiger partial charge in [0.1, 0.15) is 5.75 Å². The lowest BCUT2D eigenvalue weighted by Crippen LogP contribution is -2.41. The second-order valence-electron chi connectivity index (χ2n) is 4.28. The largest absolute Gasteiger partial charge is 0.496 e. The van der Waals surface area contributed by atoms with E-state index in [1.807, 2.05) is 32.0 Å². The lowest BCUT2D eigenvalue weighted by atomic mass is 10.1. The highest BCUT2D eigenvalue weighted by Crippen LogP contribution is 2.19. The van der Waals surface area contributed by atoms with Crippen molar-refractivity contribution in [3.05, 3.63) is 29.3 Å². The summed E-state index contributed by atoms with van der Waals surface area (Å²) in [5.74, 6) is 0.769. The minimum Gasteiger partial charge on any atom is -0.496 e. The molecule has 2 amide bonds. The second kappa shape index (κ2) is 7.63. The number of carbonyl (C=O) groups is 1. The van der Waals surface area contributed by atoms with Crippen molar-refractivity contribution < 1.29 is 14.6 Å². The van der Waals surface area contributed by atoms with E-state index in [4.69, 9.17) is 9.84 Å². The molecule has 106 valence electrons. The van der Waals surface area contributed by atoms with Gasteiger partial charge in [-0.3, -0.25) is 0 Å². The van der Waals surface area contributed by atoms with Crippen LogP contribution < -0.4 is 10.1 Å². The van der Waals surface area contributed by atoms with Gasteiger partial charge in [0.2, 0.25) is 0 Å². The summed E-state index contributed by atoms with van der Waals surface area (Å²) in [6.07, 6.45) is 0. The first-order valence-electron chi connectivity index (χ1n) is 6.39. The summed E-state index contributed by atoms with van der Waals surface area (Å²) in [4.78, 5) is 13.4. The van der Waals surface area contributed by atoms with Crippen LogP contribution in [-0.4, -0.2) is 42.8 Å². The fourth-order valence-electron chi connectivity index (χ4n) is 1.80. The number of likely N-dealkylation sites (N-methyl/N-ethyl adjacent to an activating group) is 1. The monoisotopic (exact) mass is 266 g/mol. The van der Waals surface area contributed by atoms with Gasteiger partial charge in [0.05, 0.1) is 13.7 Å². The van der Waals surface area contributed by atoms with Crippen LogP contribution in [0.25, 0.3) is 0 Å². The maximum atomic E-state index is 11.9. The number of nitrogens with one attached hydrogen (secondary N) is 1. The number of methoxy groups -OCH3 is 1. The number of nitrogens with zero attached hydrogens (tertiary/aromatic N) is 1. The third-order valence-corrected chi connectivity index (χ3v) is 2.91. The zero-order chi connectivity index (χ0) is 14.3. The van der Waals surface area contributed by atoms with Gasteiger partial charge >= 0.3 is 6.03 Å². The number of amides is 2. The van der Waals surface area contributed by atoms with Crippen LogP contribution in [0.4, 0.5) is 4.79 Å². The van der Waals surface area contributed by atoms with Crippen LogP contribution in [0.5, 0.6) is 5.75 Å². The van der Waals surface area contributed by atoms with Gasteiger partial charge in [-0.15, -0.1) is 0 Å². The molecule has 0 aliphatic heterocycles. The van der Waals surface area contributed by atoms with E-state index in [9.17, 15) is 4.79 Å². The van der Waals surface area contributed by atoms with Crippen LogP contribution in [0.1, 0.15) is 18.1 Å². The van der Waals surface area contributed by atoms with E-state index in [0.717, 1.165) is 16.9 Å². The lowest BCUT2D eigenvalue weighted by molar-refractivity contribution is 0.180. The Labute approximate surface area is 114 Å². The Morgan fingerprint density at radius 2 is 2.21 bits per heavy atom. The molecule has 0 aliphatic carbocycles. The standard InChI is InChI=1S/C14H22N2O3/c1-4-16(7-8-17)14(18)15-10-12-6-5-11(2)9-13(12)19-3/h5-6,9,17H,4,7-8,10H2,1-3H3,(H,15,18). The van der Waals surface area contributed by atoms with E-state index in [1.54, 1.807) is 12.0 Å². The molecule has 19 heavy (non-hydrogen) atoms. The number of aliphatic hydroxyl groups excluding tert-OH is 1. The van der Waals surface area contributed by atoms with Gasteiger partial charge in [0.25, 0.3) is 0 Å². The smallest absolute Gasteiger partial charge is 0.317 e. The van der Waals surface area contributed by atoms with Crippen molar-refractivity contribution in [2.75, 3.05) is 26.8 Å². The average molecular weight is 266 g/mol. The number of hydrogen-bond acceptors (Lipinski definition) is 3. The van der Waals surface area contributed by atoms with Crippen LogP contribution in [0, 0.1) is 6.92 Å². The number of urea groups is 1. The molecular weight excluding hydrogens is 244 g/mol. The summed E-state index contributed by atoms with van der Waals surface area (Å²) in [6.45, 7) is 5.15. The Bertz CT molecular complexity index is 421. The SMILES string of the molecule is CCN(CCO)C(=O)NCc1ccc(C)cc1OC. The molecule has 1 aromatic rings. The molecule has 0 fully saturated rings. The molecule has 0 heterocycles. The highest BCUT2D eigenvalue weighted by Gasteiger charge is 2.11. The van der Waals surface area contributed by atoms with Gasteiger partial charge in [-0.25, -0.2) is 4.79 Å². The van der Waals surface area contributed by atoms with Gasteiger partial charge in [0.15, 0.2) is 0 Å². The van der Waals surface area contributed by atoms with Crippen LogP contribution in [0.15, 0.2) is 18.2 Å². The number of carbonyl (C=O) groups excluding carboxylic acids is 1. The molecule has 0 bridgehead atoms. The zero-order valence-corrected chi connectivity index (χ0v) is 11.8. The van der Waals surface area contributed by atoms with E-state index < -0.39 is 0 Å². The first-order chi connectivity index (χ1) is 9.12. The molecule has 0 radical (unpaired) electrons. The van der Waals surface area contributed by atoms with Crippen LogP contribution in [0.3, 0.4) is 0 Å². The molecular formula is C14H22N2O3.